The molecule has 0 aliphatic carbocycles. The van der Waals surface area contributed by atoms with Crippen LogP contribution in [-0.4, -0.2) is 45.1 Å². The van der Waals surface area contributed by atoms with Crippen LogP contribution in [0.25, 0.3) is 0 Å². The summed E-state index contributed by atoms with van der Waals surface area (Å²) in [5.74, 6) is -0.246. The molecule has 7 nitrogen and oxygen atoms in total. The summed E-state index contributed by atoms with van der Waals surface area (Å²) in [5, 5.41) is 6.82. The average Bonchev–Trinajstić information content (AvgIpc) is 2.95. The maximum atomic E-state index is 12.2. The predicted octanol–water partition coefficient (Wildman–Crippen LogP) is 1.33. The van der Waals surface area contributed by atoms with Gasteiger partial charge in [0.2, 0.25) is 5.91 Å². The van der Waals surface area contributed by atoms with Gasteiger partial charge in [0, 0.05) is 38.7 Å². The summed E-state index contributed by atoms with van der Waals surface area (Å²) < 4.78 is 1.69. The van der Waals surface area contributed by atoms with Crippen LogP contribution in [0.3, 0.4) is 0 Å². The third-order valence-electron chi connectivity index (χ3n) is 3.71. The zero-order valence-electron chi connectivity index (χ0n) is 14.5. The van der Waals surface area contributed by atoms with E-state index in [0.29, 0.717) is 12.2 Å². The van der Waals surface area contributed by atoms with Crippen molar-refractivity contribution in [2.24, 2.45) is 7.05 Å². The third-order valence-corrected chi connectivity index (χ3v) is 3.71. The van der Waals surface area contributed by atoms with Crippen LogP contribution in [0.4, 0.5) is 0 Å². The first-order chi connectivity index (χ1) is 11.4. The molecular formula is C17H23N5O2. The van der Waals surface area contributed by atoms with Crippen molar-refractivity contribution in [3.63, 3.8) is 0 Å². The molecule has 0 saturated carbocycles. The minimum Gasteiger partial charge on any atom is -0.342 e. The van der Waals surface area contributed by atoms with Gasteiger partial charge in [-0.05, 0) is 23.6 Å². The summed E-state index contributed by atoms with van der Waals surface area (Å²) >= 11 is 0. The molecule has 2 amide bonds. The lowest BCUT2D eigenvalue weighted by Gasteiger charge is -2.17. The van der Waals surface area contributed by atoms with Gasteiger partial charge in [-0.1, -0.05) is 19.9 Å². The van der Waals surface area contributed by atoms with E-state index in [2.05, 4.69) is 15.4 Å². The molecular weight excluding hydrogens is 306 g/mol. The van der Waals surface area contributed by atoms with Crippen LogP contribution in [-0.2, 0) is 18.4 Å². The average molecular weight is 329 g/mol. The topological polar surface area (TPSA) is 80.1 Å². The predicted molar refractivity (Wildman–Crippen MR) is 90.3 cm³/mol. The Morgan fingerprint density at radius 1 is 1.38 bits per heavy atom. The Labute approximate surface area is 141 Å². The number of nitrogens with one attached hydrogen (secondary N) is 1. The molecule has 0 aliphatic heterocycles. The number of hydrogen-bond acceptors (Lipinski definition) is 4. The zero-order chi connectivity index (χ0) is 17.7. The molecule has 1 N–H and O–H groups in total. The summed E-state index contributed by atoms with van der Waals surface area (Å²) in [5.41, 5.74) is 2.23. The van der Waals surface area contributed by atoms with Crippen molar-refractivity contribution < 1.29 is 9.59 Å². The van der Waals surface area contributed by atoms with E-state index in [9.17, 15) is 9.59 Å². The number of rotatable bonds is 6. The highest BCUT2D eigenvalue weighted by molar-refractivity contribution is 5.94. The number of aromatic nitrogens is 3. The van der Waals surface area contributed by atoms with Crippen molar-refractivity contribution in [2.45, 2.75) is 26.3 Å². The highest BCUT2D eigenvalue weighted by atomic mass is 16.2. The third kappa shape index (κ3) is 4.41. The minimum absolute atomic E-state index is 0.0663. The van der Waals surface area contributed by atoms with Gasteiger partial charge >= 0.3 is 0 Å². The van der Waals surface area contributed by atoms with Gasteiger partial charge in [0.1, 0.15) is 5.69 Å². The van der Waals surface area contributed by atoms with Gasteiger partial charge in [-0.15, -0.1) is 0 Å². The molecule has 0 atom stereocenters. The maximum absolute atomic E-state index is 12.2. The summed E-state index contributed by atoms with van der Waals surface area (Å²) in [6.07, 6.45) is 3.40. The number of carbonyl (C=O) groups excluding carboxylic acids is 2. The molecule has 0 bridgehead atoms. The number of carbonyl (C=O) groups is 2. The Morgan fingerprint density at radius 3 is 2.71 bits per heavy atom. The molecule has 0 radical (unpaired) electrons. The fourth-order valence-electron chi connectivity index (χ4n) is 2.37. The van der Waals surface area contributed by atoms with Crippen LogP contribution >= 0.6 is 0 Å². The number of amides is 2. The molecule has 2 aromatic heterocycles. The number of likely N-dealkylation sites (N-methyl/N-ethyl adjacent to an activating group) is 1. The number of pyridine rings is 1. The van der Waals surface area contributed by atoms with E-state index in [1.165, 1.54) is 0 Å². The number of aryl methyl sites for hydroxylation is 1. The summed E-state index contributed by atoms with van der Waals surface area (Å²) in [6.45, 7) is 4.46. The van der Waals surface area contributed by atoms with Crippen LogP contribution in [0.5, 0.6) is 0 Å². The van der Waals surface area contributed by atoms with E-state index >= 15 is 0 Å². The molecule has 24 heavy (non-hydrogen) atoms. The first kappa shape index (κ1) is 17.7. The van der Waals surface area contributed by atoms with Gasteiger partial charge in [0.25, 0.3) is 5.91 Å². The molecule has 0 unspecified atom stereocenters. The van der Waals surface area contributed by atoms with Crippen molar-refractivity contribution in [1.82, 2.24) is 25.0 Å². The fourth-order valence-corrected chi connectivity index (χ4v) is 2.37. The van der Waals surface area contributed by atoms with E-state index in [1.54, 1.807) is 42.1 Å². The van der Waals surface area contributed by atoms with Crippen molar-refractivity contribution in [3.05, 3.63) is 47.5 Å². The van der Waals surface area contributed by atoms with Gasteiger partial charge in [0.05, 0.1) is 6.54 Å². The Balaban J connectivity index is 1.89. The van der Waals surface area contributed by atoms with Crippen LogP contribution < -0.4 is 5.32 Å². The standard InChI is InChI=1S/C17H23N5O2/c1-12(2)15-8-14(20-22(15)4)17(24)19-10-16(23)21(3)11-13-6-5-7-18-9-13/h5-9,12H,10-11H2,1-4H3,(H,19,24). The maximum Gasteiger partial charge on any atom is 0.272 e. The molecule has 0 aliphatic rings. The van der Waals surface area contributed by atoms with E-state index < -0.39 is 0 Å². The van der Waals surface area contributed by atoms with Gasteiger partial charge in [-0.3, -0.25) is 19.3 Å². The highest BCUT2D eigenvalue weighted by Gasteiger charge is 2.16. The normalized spacial score (nSPS) is 10.7. The number of hydrogen-bond donors (Lipinski definition) is 1. The van der Waals surface area contributed by atoms with Gasteiger partial charge < -0.3 is 10.2 Å². The second-order valence-corrected chi connectivity index (χ2v) is 6.03. The van der Waals surface area contributed by atoms with E-state index in [4.69, 9.17) is 0 Å². The Morgan fingerprint density at radius 2 is 2.12 bits per heavy atom. The molecule has 128 valence electrons. The number of nitrogens with zero attached hydrogens (tertiary/aromatic N) is 4. The molecule has 0 saturated heterocycles. The Kier molecular flexibility index (Phi) is 5.68. The van der Waals surface area contributed by atoms with Crippen LogP contribution in [0.15, 0.2) is 30.6 Å². The molecule has 7 heteroatoms. The Hall–Kier alpha value is -2.70. The first-order valence-corrected chi connectivity index (χ1v) is 7.83. The molecule has 0 aromatic carbocycles. The Bertz CT molecular complexity index is 709. The van der Waals surface area contributed by atoms with Crippen LogP contribution in [0.1, 0.15) is 41.5 Å². The lowest BCUT2D eigenvalue weighted by molar-refractivity contribution is -0.129. The van der Waals surface area contributed by atoms with Gasteiger partial charge in [0.15, 0.2) is 0 Å². The second kappa shape index (κ2) is 7.72. The highest BCUT2D eigenvalue weighted by Crippen LogP contribution is 2.14. The first-order valence-electron chi connectivity index (χ1n) is 7.83. The second-order valence-electron chi connectivity index (χ2n) is 6.03. The van der Waals surface area contributed by atoms with Crippen molar-refractivity contribution in [1.29, 1.82) is 0 Å². The molecule has 2 heterocycles. The summed E-state index contributed by atoms with van der Waals surface area (Å²) in [7, 11) is 3.50. The molecule has 0 spiro atoms. The molecule has 0 fully saturated rings. The van der Waals surface area contributed by atoms with E-state index in [1.807, 2.05) is 26.0 Å². The van der Waals surface area contributed by atoms with Crippen LogP contribution in [0.2, 0.25) is 0 Å². The molecule has 2 aromatic rings. The van der Waals surface area contributed by atoms with Crippen molar-refractivity contribution in [2.75, 3.05) is 13.6 Å². The quantitative estimate of drug-likeness (QED) is 0.867. The fraction of sp³-hybridized carbons (Fsp3) is 0.412. The van der Waals surface area contributed by atoms with E-state index in [0.717, 1.165) is 11.3 Å². The SMILES string of the molecule is CC(C)c1cc(C(=O)NCC(=O)N(C)Cc2cccnc2)nn1C. The van der Waals surface area contributed by atoms with Gasteiger partial charge in [-0.25, -0.2) is 0 Å². The molecule has 2 rings (SSSR count). The smallest absolute Gasteiger partial charge is 0.272 e. The van der Waals surface area contributed by atoms with Gasteiger partial charge in [-0.2, -0.15) is 5.10 Å². The lowest BCUT2D eigenvalue weighted by atomic mass is 10.1. The summed E-state index contributed by atoms with van der Waals surface area (Å²) in [4.78, 5) is 29.8. The monoisotopic (exact) mass is 329 g/mol. The van der Waals surface area contributed by atoms with E-state index in [-0.39, 0.29) is 24.3 Å². The van der Waals surface area contributed by atoms with Crippen LogP contribution in [0, 0.1) is 0 Å². The largest absolute Gasteiger partial charge is 0.342 e. The lowest BCUT2D eigenvalue weighted by Crippen LogP contribution is -2.38. The van der Waals surface area contributed by atoms with Crippen molar-refractivity contribution in [3.8, 4) is 0 Å². The minimum atomic E-state index is -0.347. The summed E-state index contributed by atoms with van der Waals surface area (Å²) in [6, 6.07) is 5.48. The zero-order valence-corrected chi connectivity index (χ0v) is 14.5. The van der Waals surface area contributed by atoms with Crippen molar-refractivity contribution >= 4 is 11.8 Å².